The standard InChI is InChI=1S/C14H21F2NS/c1-5-11(17)13(14(2,3)4)18-12-8-9(15)6-7-10(12)16/h6-8,11,13H,5,17H2,1-4H3. The Hall–Kier alpha value is -0.610. The van der Waals surface area contributed by atoms with E-state index in [0.29, 0.717) is 4.90 Å². The zero-order valence-electron chi connectivity index (χ0n) is 11.3. The van der Waals surface area contributed by atoms with Crippen molar-refractivity contribution in [2.45, 2.75) is 50.3 Å². The molecule has 102 valence electrons. The van der Waals surface area contributed by atoms with Gasteiger partial charge in [0.1, 0.15) is 11.6 Å². The Labute approximate surface area is 112 Å². The van der Waals surface area contributed by atoms with Crippen LogP contribution in [0.15, 0.2) is 23.1 Å². The predicted molar refractivity (Wildman–Crippen MR) is 73.7 cm³/mol. The lowest BCUT2D eigenvalue weighted by atomic mass is 9.87. The fourth-order valence-corrected chi connectivity index (χ4v) is 3.18. The normalized spacial score (nSPS) is 15.5. The van der Waals surface area contributed by atoms with Crippen molar-refractivity contribution in [3.05, 3.63) is 29.8 Å². The van der Waals surface area contributed by atoms with Crippen LogP contribution in [0, 0.1) is 17.0 Å². The minimum atomic E-state index is -0.420. The van der Waals surface area contributed by atoms with E-state index in [1.807, 2.05) is 6.92 Å². The largest absolute Gasteiger partial charge is 0.327 e. The molecule has 4 heteroatoms. The highest BCUT2D eigenvalue weighted by molar-refractivity contribution is 8.00. The Morgan fingerprint density at radius 1 is 1.28 bits per heavy atom. The van der Waals surface area contributed by atoms with Crippen molar-refractivity contribution >= 4 is 11.8 Å². The maximum absolute atomic E-state index is 13.7. The van der Waals surface area contributed by atoms with Gasteiger partial charge in [-0.2, -0.15) is 0 Å². The van der Waals surface area contributed by atoms with Gasteiger partial charge in [-0.05, 0) is 30.0 Å². The van der Waals surface area contributed by atoms with E-state index in [-0.39, 0.29) is 22.5 Å². The van der Waals surface area contributed by atoms with Gasteiger partial charge in [-0.3, -0.25) is 0 Å². The van der Waals surface area contributed by atoms with Crippen molar-refractivity contribution in [3.8, 4) is 0 Å². The van der Waals surface area contributed by atoms with Gasteiger partial charge in [0.2, 0.25) is 0 Å². The van der Waals surface area contributed by atoms with Gasteiger partial charge in [-0.15, -0.1) is 11.8 Å². The predicted octanol–water partition coefficient (Wildman–Crippen LogP) is 4.21. The third-order valence-corrected chi connectivity index (χ3v) is 4.74. The Balaban J connectivity index is 3.00. The molecule has 0 aliphatic rings. The van der Waals surface area contributed by atoms with Gasteiger partial charge >= 0.3 is 0 Å². The molecule has 1 nitrogen and oxygen atoms in total. The van der Waals surface area contributed by atoms with E-state index in [4.69, 9.17) is 5.73 Å². The Bertz CT molecular complexity index is 401. The second-order valence-corrected chi connectivity index (χ2v) is 6.73. The van der Waals surface area contributed by atoms with Crippen molar-refractivity contribution in [3.63, 3.8) is 0 Å². The summed E-state index contributed by atoms with van der Waals surface area (Å²) in [6.45, 7) is 8.21. The fraction of sp³-hybridized carbons (Fsp3) is 0.571. The van der Waals surface area contributed by atoms with E-state index in [1.54, 1.807) is 0 Å². The van der Waals surface area contributed by atoms with Crippen LogP contribution in [0.4, 0.5) is 8.78 Å². The average molecular weight is 273 g/mol. The highest BCUT2D eigenvalue weighted by atomic mass is 32.2. The molecule has 0 saturated carbocycles. The van der Waals surface area contributed by atoms with Crippen molar-refractivity contribution in [2.24, 2.45) is 11.1 Å². The van der Waals surface area contributed by atoms with Crippen LogP contribution in [0.3, 0.4) is 0 Å². The van der Waals surface area contributed by atoms with Gasteiger partial charge in [0.15, 0.2) is 0 Å². The molecule has 0 aliphatic carbocycles. The quantitative estimate of drug-likeness (QED) is 0.832. The fourth-order valence-electron chi connectivity index (χ4n) is 1.82. The summed E-state index contributed by atoms with van der Waals surface area (Å²) in [5.74, 6) is -0.810. The summed E-state index contributed by atoms with van der Waals surface area (Å²) in [5.41, 5.74) is 6.03. The maximum atomic E-state index is 13.7. The summed E-state index contributed by atoms with van der Waals surface area (Å²) >= 11 is 1.33. The monoisotopic (exact) mass is 273 g/mol. The van der Waals surface area contributed by atoms with Crippen LogP contribution in [0.1, 0.15) is 34.1 Å². The lowest BCUT2D eigenvalue weighted by Crippen LogP contribution is -2.40. The number of benzene rings is 1. The van der Waals surface area contributed by atoms with Gasteiger partial charge in [-0.25, -0.2) is 8.78 Å². The van der Waals surface area contributed by atoms with Gasteiger partial charge < -0.3 is 5.73 Å². The molecule has 2 N–H and O–H groups in total. The Morgan fingerprint density at radius 3 is 2.39 bits per heavy atom. The molecule has 1 aromatic rings. The van der Waals surface area contributed by atoms with E-state index in [1.165, 1.54) is 17.8 Å². The molecule has 2 unspecified atom stereocenters. The van der Waals surface area contributed by atoms with Crippen LogP contribution in [-0.2, 0) is 0 Å². The molecule has 1 aromatic carbocycles. The van der Waals surface area contributed by atoms with Crippen LogP contribution < -0.4 is 5.73 Å². The summed E-state index contributed by atoms with van der Waals surface area (Å²) in [6.07, 6.45) is 0.811. The van der Waals surface area contributed by atoms with E-state index < -0.39 is 5.82 Å². The van der Waals surface area contributed by atoms with Gasteiger partial charge in [-0.1, -0.05) is 27.7 Å². The summed E-state index contributed by atoms with van der Waals surface area (Å²) < 4.78 is 26.8. The SMILES string of the molecule is CCC(N)C(Sc1cc(F)ccc1F)C(C)(C)C. The maximum Gasteiger partial charge on any atom is 0.136 e. The van der Waals surface area contributed by atoms with Crippen LogP contribution in [0.25, 0.3) is 0 Å². The van der Waals surface area contributed by atoms with E-state index in [2.05, 4.69) is 20.8 Å². The molecule has 0 aliphatic heterocycles. The summed E-state index contributed by atoms with van der Waals surface area (Å²) in [5, 5.41) is 0.0406. The van der Waals surface area contributed by atoms with Crippen LogP contribution in [0.5, 0.6) is 0 Å². The van der Waals surface area contributed by atoms with Gasteiger partial charge in [0.25, 0.3) is 0 Å². The molecular formula is C14H21F2NS. The molecular weight excluding hydrogens is 252 g/mol. The molecule has 0 radical (unpaired) electrons. The number of nitrogens with two attached hydrogens (primary N) is 1. The second-order valence-electron chi connectivity index (χ2n) is 5.55. The van der Waals surface area contributed by atoms with E-state index in [0.717, 1.165) is 18.6 Å². The third kappa shape index (κ3) is 3.95. The Morgan fingerprint density at radius 2 is 1.89 bits per heavy atom. The lowest BCUT2D eigenvalue weighted by molar-refractivity contribution is 0.350. The first-order chi connectivity index (χ1) is 8.25. The molecule has 0 bridgehead atoms. The molecule has 2 atom stereocenters. The molecule has 0 amide bonds. The molecule has 0 aromatic heterocycles. The van der Waals surface area contributed by atoms with Crippen LogP contribution >= 0.6 is 11.8 Å². The zero-order chi connectivity index (χ0) is 13.9. The molecule has 0 saturated heterocycles. The second kappa shape index (κ2) is 6.02. The number of hydrogen-bond acceptors (Lipinski definition) is 2. The molecule has 0 spiro atoms. The first-order valence-corrected chi connectivity index (χ1v) is 7.01. The smallest absolute Gasteiger partial charge is 0.136 e. The number of thioether (sulfide) groups is 1. The molecule has 0 fully saturated rings. The van der Waals surface area contributed by atoms with Crippen molar-refractivity contribution < 1.29 is 8.78 Å². The Kier molecular flexibility index (Phi) is 5.17. The molecule has 1 rings (SSSR count). The van der Waals surface area contributed by atoms with Crippen molar-refractivity contribution in [1.29, 1.82) is 0 Å². The third-order valence-electron chi connectivity index (χ3n) is 2.86. The van der Waals surface area contributed by atoms with Crippen LogP contribution in [-0.4, -0.2) is 11.3 Å². The van der Waals surface area contributed by atoms with Gasteiger partial charge in [0.05, 0.1) is 0 Å². The highest BCUT2D eigenvalue weighted by Gasteiger charge is 2.31. The highest BCUT2D eigenvalue weighted by Crippen LogP contribution is 2.38. The summed E-state index contributed by atoms with van der Waals surface area (Å²) in [6, 6.07) is 3.49. The van der Waals surface area contributed by atoms with E-state index >= 15 is 0 Å². The number of halogens is 2. The minimum Gasteiger partial charge on any atom is -0.327 e. The van der Waals surface area contributed by atoms with Crippen molar-refractivity contribution in [2.75, 3.05) is 0 Å². The number of rotatable bonds is 4. The minimum absolute atomic E-state index is 0.0406. The first-order valence-electron chi connectivity index (χ1n) is 6.13. The topological polar surface area (TPSA) is 26.0 Å². The summed E-state index contributed by atoms with van der Waals surface area (Å²) in [4.78, 5) is 0.332. The molecule has 0 heterocycles. The first kappa shape index (κ1) is 15.4. The van der Waals surface area contributed by atoms with E-state index in [9.17, 15) is 8.78 Å². The lowest BCUT2D eigenvalue weighted by Gasteiger charge is -2.34. The molecule has 18 heavy (non-hydrogen) atoms. The van der Waals surface area contributed by atoms with Gasteiger partial charge in [0, 0.05) is 16.2 Å². The number of hydrogen-bond donors (Lipinski definition) is 1. The van der Waals surface area contributed by atoms with Crippen molar-refractivity contribution in [1.82, 2.24) is 0 Å². The van der Waals surface area contributed by atoms with Crippen LogP contribution in [0.2, 0.25) is 0 Å². The average Bonchev–Trinajstić information content (AvgIpc) is 2.27. The zero-order valence-corrected chi connectivity index (χ0v) is 12.2. The summed E-state index contributed by atoms with van der Waals surface area (Å²) in [7, 11) is 0.